The smallest absolute Gasteiger partial charge is 0.0796 e. The van der Waals surface area contributed by atoms with Gasteiger partial charge in [-0.15, -0.1) is 0 Å². The first-order valence-corrected chi connectivity index (χ1v) is 6.69. The minimum absolute atomic E-state index is 0.300. The zero-order valence-corrected chi connectivity index (χ0v) is 10.8. The van der Waals surface area contributed by atoms with Crippen molar-refractivity contribution in [2.45, 2.75) is 24.4 Å². The summed E-state index contributed by atoms with van der Waals surface area (Å²) in [6.07, 6.45) is 2.89. The van der Waals surface area contributed by atoms with E-state index in [4.69, 9.17) is 4.74 Å². The van der Waals surface area contributed by atoms with Gasteiger partial charge in [-0.3, -0.25) is 0 Å². The average Bonchev–Trinajstić information content (AvgIpc) is 3.13. The molecule has 0 amide bonds. The summed E-state index contributed by atoms with van der Waals surface area (Å²) in [6.45, 7) is 2.84. The molecule has 2 nitrogen and oxygen atoms in total. The van der Waals surface area contributed by atoms with E-state index in [1.54, 1.807) is 0 Å². The highest BCUT2D eigenvalue weighted by Gasteiger charge is 2.51. The van der Waals surface area contributed by atoms with Crippen LogP contribution in [0.5, 0.6) is 0 Å². The van der Waals surface area contributed by atoms with E-state index in [9.17, 15) is 0 Å². The molecule has 1 heterocycles. The van der Waals surface area contributed by atoms with Crippen LogP contribution in [-0.4, -0.2) is 25.8 Å². The quantitative estimate of drug-likeness (QED) is 0.899. The Hall–Kier alpha value is -0.380. The number of hydrogen-bond donors (Lipinski definition) is 1. The largest absolute Gasteiger partial charge is 0.375 e. The van der Waals surface area contributed by atoms with E-state index >= 15 is 0 Å². The highest BCUT2D eigenvalue weighted by Crippen LogP contribution is 2.52. The molecule has 1 N–H and O–H groups in total. The molecule has 1 saturated heterocycles. The Morgan fingerprint density at radius 1 is 1.25 bits per heavy atom. The van der Waals surface area contributed by atoms with Crippen LogP contribution in [0, 0.1) is 0 Å². The number of ether oxygens (including phenoxy) is 1. The third-order valence-corrected chi connectivity index (χ3v) is 4.28. The van der Waals surface area contributed by atoms with Crippen molar-refractivity contribution in [3.05, 3.63) is 34.3 Å². The molecule has 1 aliphatic carbocycles. The number of benzene rings is 1. The molecule has 2 fully saturated rings. The summed E-state index contributed by atoms with van der Waals surface area (Å²) in [4.78, 5) is 0. The molecule has 1 saturated carbocycles. The van der Waals surface area contributed by atoms with Gasteiger partial charge >= 0.3 is 0 Å². The maximum absolute atomic E-state index is 5.92. The molecule has 1 aliphatic heterocycles. The fourth-order valence-electron chi connectivity index (χ4n) is 2.63. The molecule has 86 valence electrons. The maximum atomic E-state index is 5.92. The number of nitrogens with one attached hydrogen (secondary N) is 1. The molecule has 1 aromatic carbocycles. The second kappa shape index (κ2) is 4.13. The fraction of sp³-hybridized carbons (Fsp3) is 0.538. The molecular weight excluding hydrogens is 266 g/mol. The van der Waals surface area contributed by atoms with E-state index < -0.39 is 0 Å². The van der Waals surface area contributed by atoms with Crippen LogP contribution in [0.4, 0.5) is 0 Å². The molecule has 16 heavy (non-hydrogen) atoms. The predicted octanol–water partition coefficient (Wildman–Crippen LogP) is 2.47. The summed E-state index contributed by atoms with van der Waals surface area (Å²) in [5.41, 5.74) is 1.73. The fourth-order valence-corrected chi connectivity index (χ4v) is 2.90. The SMILES string of the molecule is Brc1ccc(C2(C3CNCCO3)CC2)cc1. The summed E-state index contributed by atoms with van der Waals surface area (Å²) < 4.78 is 7.06. The standard InChI is InChI=1S/C13H16BrNO/c14-11-3-1-10(2-4-11)13(5-6-13)12-9-15-7-8-16-12/h1-4,12,15H,5-9H2. The van der Waals surface area contributed by atoms with Crippen LogP contribution >= 0.6 is 15.9 Å². The van der Waals surface area contributed by atoms with Crippen molar-refractivity contribution in [3.8, 4) is 0 Å². The Morgan fingerprint density at radius 2 is 2.00 bits per heavy atom. The first kappa shape index (κ1) is 10.8. The molecule has 0 bridgehead atoms. The lowest BCUT2D eigenvalue weighted by molar-refractivity contribution is 0.00377. The minimum atomic E-state index is 0.300. The highest BCUT2D eigenvalue weighted by atomic mass is 79.9. The van der Waals surface area contributed by atoms with Crippen LogP contribution in [-0.2, 0) is 10.2 Å². The van der Waals surface area contributed by atoms with Gasteiger partial charge in [0.05, 0.1) is 12.7 Å². The topological polar surface area (TPSA) is 21.3 Å². The molecule has 3 heteroatoms. The predicted molar refractivity (Wildman–Crippen MR) is 67.7 cm³/mol. The second-order valence-electron chi connectivity index (χ2n) is 4.73. The summed E-state index contributed by atoms with van der Waals surface area (Å²) in [6, 6.07) is 8.72. The highest BCUT2D eigenvalue weighted by molar-refractivity contribution is 9.10. The normalized spacial score (nSPS) is 27.7. The third kappa shape index (κ3) is 1.81. The van der Waals surface area contributed by atoms with E-state index in [2.05, 4.69) is 45.5 Å². The first-order valence-electron chi connectivity index (χ1n) is 5.90. The monoisotopic (exact) mass is 281 g/mol. The summed E-state index contributed by atoms with van der Waals surface area (Å²) in [5.74, 6) is 0. The molecule has 0 radical (unpaired) electrons. The van der Waals surface area contributed by atoms with Gasteiger partial charge in [-0.05, 0) is 30.5 Å². The molecule has 2 aliphatic rings. The van der Waals surface area contributed by atoms with Crippen molar-refractivity contribution in [2.24, 2.45) is 0 Å². The molecule has 0 aromatic heterocycles. The minimum Gasteiger partial charge on any atom is -0.375 e. The molecular formula is C13H16BrNO. The van der Waals surface area contributed by atoms with Gasteiger partial charge in [0.25, 0.3) is 0 Å². The molecule has 3 rings (SSSR count). The van der Waals surface area contributed by atoms with E-state index in [0.717, 1.165) is 24.2 Å². The Labute approximate surface area is 105 Å². The number of hydrogen-bond acceptors (Lipinski definition) is 2. The molecule has 1 aromatic rings. The van der Waals surface area contributed by atoms with Crippen molar-refractivity contribution in [2.75, 3.05) is 19.7 Å². The van der Waals surface area contributed by atoms with Crippen molar-refractivity contribution >= 4 is 15.9 Å². The molecule has 1 unspecified atom stereocenters. The number of halogens is 1. The molecule has 1 atom stereocenters. The number of rotatable bonds is 2. The van der Waals surface area contributed by atoms with Crippen molar-refractivity contribution < 1.29 is 4.74 Å². The van der Waals surface area contributed by atoms with Gasteiger partial charge in [0.1, 0.15) is 0 Å². The average molecular weight is 282 g/mol. The van der Waals surface area contributed by atoms with Gasteiger partial charge in [-0.25, -0.2) is 0 Å². The van der Waals surface area contributed by atoms with Crippen LogP contribution in [0.2, 0.25) is 0 Å². The third-order valence-electron chi connectivity index (χ3n) is 3.75. The zero-order valence-electron chi connectivity index (χ0n) is 9.21. The van der Waals surface area contributed by atoms with Crippen LogP contribution in [0.1, 0.15) is 18.4 Å². The Kier molecular flexibility index (Phi) is 2.78. The van der Waals surface area contributed by atoms with E-state index in [-0.39, 0.29) is 0 Å². The summed E-state index contributed by atoms with van der Waals surface area (Å²) >= 11 is 3.49. The van der Waals surface area contributed by atoms with Gasteiger partial charge in [0.2, 0.25) is 0 Å². The Morgan fingerprint density at radius 3 is 2.56 bits per heavy atom. The molecule has 0 spiro atoms. The van der Waals surface area contributed by atoms with Gasteiger partial charge < -0.3 is 10.1 Å². The lowest BCUT2D eigenvalue weighted by Gasteiger charge is -2.31. The summed E-state index contributed by atoms with van der Waals surface area (Å²) in [5, 5.41) is 3.43. The first-order chi connectivity index (χ1) is 7.81. The van der Waals surface area contributed by atoms with Crippen LogP contribution < -0.4 is 5.32 Å². The van der Waals surface area contributed by atoms with E-state index in [1.165, 1.54) is 18.4 Å². The van der Waals surface area contributed by atoms with Gasteiger partial charge in [-0.1, -0.05) is 28.1 Å². The van der Waals surface area contributed by atoms with Gasteiger partial charge in [0.15, 0.2) is 0 Å². The Balaban J connectivity index is 1.84. The van der Waals surface area contributed by atoms with E-state index in [0.29, 0.717) is 11.5 Å². The van der Waals surface area contributed by atoms with Crippen LogP contribution in [0.15, 0.2) is 28.7 Å². The van der Waals surface area contributed by atoms with Crippen molar-refractivity contribution in [1.29, 1.82) is 0 Å². The van der Waals surface area contributed by atoms with Gasteiger partial charge in [-0.2, -0.15) is 0 Å². The van der Waals surface area contributed by atoms with E-state index in [1.807, 2.05) is 0 Å². The van der Waals surface area contributed by atoms with Crippen molar-refractivity contribution in [3.63, 3.8) is 0 Å². The van der Waals surface area contributed by atoms with Crippen molar-refractivity contribution in [1.82, 2.24) is 5.32 Å². The lowest BCUT2D eigenvalue weighted by Crippen LogP contribution is -2.45. The lowest BCUT2D eigenvalue weighted by atomic mass is 9.89. The van der Waals surface area contributed by atoms with Gasteiger partial charge in [0, 0.05) is 23.0 Å². The van der Waals surface area contributed by atoms with Crippen LogP contribution in [0.25, 0.3) is 0 Å². The summed E-state index contributed by atoms with van der Waals surface area (Å²) in [7, 11) is 0. The zero-order chi connectivity index (χ0) is 11.0. The van der Waals surface area contributed by atoms with Crippen LogP contribution in [0.3, 0.4) is 0 Å². The second-order valence-corrected chi connectivity index (χ2v) is 5.64. The number of morpholine rings is 1. The Bertz CT molecular complexity index is 366. The maximum Gasteiger partial charge on any atom is 0.0796 e.